The molecule has 4 nitrogen and oxygen atoms in total. The van der Waals surface area contributed by atoms with Gasteiger partial charge in [-0.05, 0) is 18.2 Å². The molecule has 0 fully saturated rings. The Hall–Kier alpha value is -1.26. The van der Waals surface area contributed by atoms with E-state index in [2.05, 4.69) is 4.74 Å². The summed E-state index contributed by atoms with van der Waals surface area (Å²) in [5, 5.41) is 0. The van der Waals surface area contributed by atoms with Crippen LogP contribution in [0.25, 0.3) is 0 Å². The van der Waals surface area contributed by atoms with Gasteiger partial charge in [-0.15, -0.1) is 11.6 Å². The van der Waals surface area contributed by atoms with Crippen molar-refractivity contribution in [3.8, 4) is 5.75 Å². The molecule has 17 heavy (non-hydrogen) atoms. The summed E-state index contributed by atoms with van der Waals surface area (Å²) in [6.07, 6.45) is 0. The summed E-state index contributed by atoms with van der Waals surface area (Å²) in [6, 6.07) is 6.81. The lowest BCUT2D eigenvalue weighted by Gasteiger charge is -2.07. The fraction of sp³-hybridized carbons (Fsp3) is 0.417. The average molecular weight is 259 g/mol. The van der Waals surface area contributed by atoms with Crippen molar-refractivity contribution < 1.29 is 19.0 Å². The molecule has 1 rings (SSSR count). The quantitative estimate of drug-likeness (QED) is 0.427. The second-order valence-electron chi connectivity index (χ2n) is 3.17. The predicted octanol–water partition coefficient (Wildman–Crippen LogP) is 2.11. The third kappa shape index (κ3) is 5.06. The monoisotopic (exact) mass is 258 g/mol. The van der Waals surface area contributed by atoms with Crippen molar-refractivity contribution in [1.29, 1.82) is 0 Å². The lowest BCUT2D eigenvalue weighted by molar-refractivity contribution is 0.0600. The Labute approximate surface area is 105 Å². The van der Waals surface area contributed by atoms with Gasteiger partial charge in [-0.2, -0.15) is 0 Å². The Kier molecular flexibility index (Phi) is 6.43. The first-order valence-corrected chi connectivity index (χ1v) is 5.76. The maximum atomic E-state index is 11.3. The molecular formula is C12H15ClO4. The van der Waals surface area contributed by atoms with Crippen LogP contribution in [0.2, 0.25) is 0 Å². The maximum absolute atomic E-state index is 11.3. The number of carbonyl (C=O) groups is 1. The van der Waals surface area contributed by atoms with Gasteiger partial charge < -0.3 is 14.2 Å². The summed E-state index contributed by atoms with van der Waals surface area (Å²) in [6.45, 7) is 1.39. The summed E-state index contributed by atoms with van der Waals surface area (Å²) in [5.74, 6) is 0.703. The standard InChI is InChI=1S/C12H15ClO4/c1-15-12(14)10-3-2-4-11(9-10)17-8-7-16-6-5-13/h2-4,9H,5-8H2,1H3. The molecule has 0 aromatic heterocycles. The number of carbonyl (C=O) groups excluding carboxylic acids is 1. The highest BCUT2D eigenvalue weighted by atomic mass is 35.5. The smallest absolute Gasteiger partial charge is 0.337 e. The van der Waals surface area contributed by atoms with Gasteiger partial charge in [0, 0.05) is 5.88 Å². The van der Waals surface area contributed by atoms with E-state index in [1.807, 2.05) is 0 Å². The SMILES string of the molecule is COC(=O)c1cccc(OCCOCCCl)c1. The molecule has 0 radical (unpaired) electrons. The minimum Gasteiger partial charge on any atom is -0.491 e. The minimum absolute atomic E-state index is 0.381. The van der Waals surface area contributed by atoms with Gasteiger partial charge in [-0.1, -0.05) is 6.07 Å². The number of esters is 1. The molecule has 5 heteroatoms. The molecule has 0 atom stereocenters. The fourth-order valence-corrected chi connectivity index (χ4v) is 1.31. The van der Waals surface area contributed by atoms with E-state index in [0.29, 0.717) is 37.0 Å². The predicted molar refractivity (Wildman–Crippen MR) is 64.8 cm³/mol. The second kappa shape index (κ2) is 7.92. The lowest BCUT2D eigenvalue weighted by atomic mass is 10.2. The van der Waals surface area contributed by atoms with Gasteiger partial charge in [0.05, 0.1) is 25.9 Å². The number of benzene rings is 1. The topological polar surface area (TPSA) is 44.8 Å². The maximum Gasteiger partial charge on any atom is 0.337 e. The zero-order valence-corrected chi connectivity index (χ0v) is 10.4. The number of hydrogen-bond acceptors (Lipinski definition) is 4. The van der Waals surface area contributed by atoms with Crippen molar-refractivity contribution in [2.24, 2.45) is 0 Å². The molecule has 0 bridgehead atoms. The number of rotatable bonds is 7. The van der Waals surface area contributed by atoms with Gasteiger partial charge in [0.15, 0.2) is 0 Å². The highest BCUT2D eigenvalue weighted by Gasteiger charge is 2.05. The van der Waals surface area contributed by atoms with Gasteiger partial charge in [0.25, 0.3) is 0 Å². The molecule has 0 amide bonds. The fourth-order valence-electron chi connectivity index (χ4n) is 1.21. The molecule has 0 spiro atoms. The van der Waals surface area contributed by atoms with Crippen molar-refractivity contribution in [2.45, 2.75) is 0 Å². The Morgan fingerprint density at radius 2 is 2.12 bits per heavy atom. The third-order valence-corrected chi connectivity index (χ3v) is 2.13. The van der Waals surface area contributed by atoms with Crippen LogP contribution < -0.4 is 4.74 Å². The Bertz CT molecular complexity index is 354. The van der Waals surface area contributed by atoms with E-state index in [1.54, 1.807) is 24.3 Å². The van der Waals surface area contributed by atoms with Crippen LogP contribution in [0, 0.1) is 0 Å². The van der Waals surface area contributed by atoms with E-state index in [-0.39, 0.29) is 5.97 Å². The summed E-state index contributed by atoms with van der Waals surface area (Å²) in [5.41, 5.74) is 0.465. The van der Waals surface area contributed by atoms with E-state index in [0.717, 1.165) is 0 Å². The van der Waals surface area contributed by atoms with Gasteiger partial charge >= 0.3 is 5.97 Å². The molecule has 0 aliphatic heterocycles. The van der Waals surface area contributed by atoms with Crippen molar-refractivity contribution in [1.82, 2.24) is 0 Å². The molecule has 1 aromatic carbocycles. The van der Waals surface area contributed by atoms with Gasteiger partial charge in [-0.25, -0.2) is 4.79 Å². The van der Waals surface area contributed by atoms with Crippen LogP contribution in [0.5, 0.6) is 5.75 Å². The number of hydrogen-bond donors (Lipinski definition) is 0. The number of methoxy groups -OCH3 is 1. The van der Waals surface area contributed by atoms with E-state index in [4.69, 9.17) is 21.1 Å². The van der Waals surface area contributed by atoms with E-state index in [1.165, 1.54) is 7.11 Å². The number of halogens is 1. The molecule has 1 aromatic rings. The van der Waals surface area contributed by atoms with Crippen LogP contribution in [0.15, 0.2) is 24.3 Å². The van der Waals surface area contributed by atoms with Crippen molar-refractivity contribution in [2.75, 3.05) is 32.8 Å². The van der Waals surface area contributed by atoms with Gasteiger partial charge in [0.2, 0.25) is 0 Å². The first kappa shape index (κ1) is 13.8. The molecule has 0 N–H and O–H groups in total. The first-order chi connectivity index (χ1) is 8.27. The summed E-state index contributed by atoms with van der Waals surface area (Å²) in [7, 11) is 1.34. The zero-order chi connectivity index (χ0) is 12.5. The van der Waals surface area contributed by atoms with Crippen LogP contribution >= 0.6 is 11.6 Å². The average Bonchev–Trinajstić information content (AvgIpc) is 2.38. The normalized spacial score (nSPS) is 10.0. The molecule has 0 aliphatic rings. The summed E-state index contributed by atoms with van der Waals surface area (Å²) < 4.78 is 15.2. The largest absolute Gasteiger partial charge is 0.491 e. The molecule has 0 aliphatic carbocycles. The lowest BCUT2D eigenvalue weighted by Crippen LogP contribution is -2.08. The Balaban J connectivity index is 2.40. The van der Waals surface area contributed by atoms with Crippen LogP contribution in [0.4, 0.5) is 0 Å². The number of ether oxygens (including phenoxy) is 3. The van der Waals surface area contributed by atoms with Gasteiger partial charge in [-0.3, -0.25) is 0 Å². The van der Waals surface area contributed by atoms with Crippen LogP contribution in [0.3, 0.4) is 0 Å². The Morgan fingerprint density at radius 3 is 2.82 bits per heavy atom. The first-order valence-electron chi connectivity index (χ1n) is 5.23. The van der Waals surface area contributed by atoms with E-state index >= 15 is 0 Å². The Morgan fingerprint density at radius 1 is 1.29 bits per heavy atom. The molecule has 0 saturated carbocycles. The molecule has 0 saturated heterocycles. The molecule has 94 valence electrons. The zero-order valence-electron chi connectivity index (χ0n) is 9.65. The molecule has 0 unspecified atom stereocenters. The van der Waals surface area contributed by atoms with E-state index < -0.39 is 0 Å². The molecule has 0 heterocycles. The van der Waals surface area contributed by atoms with Crippen LogP contribution in [-0.2, 0) is 9.47 Å². The van der Waals surface area contributed by atoms with Crippen molar-refractivity contribution >= 4 is 17.6 Å². The third-order valence-electron chi connectivity index (χ3n) is 1.97. The second-order valence-corrected chi connectivity index (χ2v) is 3.55. The highest BCUT2D eigenvalue weighted by Crippen LogP contribution is 2.13. The summed E-state index contributed by atoms with van der Waals surface area (Å²) in [4.78, 5) is 11.3. The van der Waals surface area contributed by atoms with Crippen LogP contribution in [-0.4, -0.2) is 38.8 Å². The van der Waals surface area contributed by atoms with Gasteiger partial charge in [0.1, 0.15) is 12.4 Å². The number of alkyl halides is 1. The molecular weight excluding hydrogens is 244 g/mol. The van der Waals surface area contributed by atoms with Crippen molar-refractivity contribution in [3.05, 3.63) is 29.8 Å². The van der Waals surface area contributed by atoms with Crippen LogP contribution in [0.1, 0.15) is 10.4 Å². The van der Waals surface area contributed by atoms with E-state index in [9.17, 15) is 4.79 Å². The minimum atomic E-state index is -0.381. The van der Waals surface area contributed by atoms with Crippen molar-refractivity contribution in [3.63, 3.8) is 0 Å². The summed E-state index contributed by atoms with van der Waals surface area (Å²) >= 11 is 5.45. The highest BCUT2D eigenvalue weighted by molar-refractivity contribution is 6.17.